The van der Waals surface area contributed by atoms with E-state index in [0.29, 0.717) is 0 Å². The molecule has 0 bridgehead atoms. The van der Waals surface area contributed by atoms with E-state index in [4.69, 9.17) is 8.85 Å². The van der Waals surface area contributed by atoms with Crippen LogP contribution in [0, 0.1) is 0 Å². The first-order valence-corrected chi connectivity index (χ1v) is 11.5. The smallest absolute Gasteiger partial charge is 0.161 e. The number of rotatable bonds is 14. The van der Waals surface area contributed by atoms with Crippen molar-refractivity contribution in [3.8, 4) is 0 Å². The van der Waals surface area contributed by atoms with Gasteiger partial charge in [-0.25, -0.2) is 0 Å². The van der Waals surface area contributed by atoms with Crippen LogP contribution in [0.2, 0.25) is 12.1 Å². The van der Waals surface area contributed by atoms with Gasteiger partial charge in [0.2, 0.25) is 0 Å². The second kappa shape index (κ2) is 16.7. The van der Waals surface area contributed by atoms with Crippen molar-refractivity contribution in [3.63, 3.8) is 0 Å². The van der Waals surface area contributed by atoms with Crippen LogP contribution < -0.4 is 0 Å². The third-order valence-corrected chi connectivity index (χ3v) is 6.24. The maximum absolute atomic E-state index is 5.58. The monoisotopic (exact) mass is 294 g/mol. The number of thioether (sulfide) groups is 1. The number of hydrogen-bond acceptors (Lipinski definition) is 3. The van der Waals surface area contributed by atoms with Crippen molar-refractivity contribution in [2.45, 2.75) is 51.6 Å². The Kier molecular flexibility index (Phi) is 17.4. The second-order valence-electron chi connectivity index (χ2n) is 4.25. The summed E-state index contributed by atoms with van der Waals surface area (Å²) in [7, 11) is -0.359. The molecule has 0 radical (unpaired) electrons. The van der Waals surface area contributed by atoms with Gasteiger partial charge in [0.15, 0.2) is 19.5 Å². The van der Waals surface area contributed by atoms with Gasteiger partial charge in [0.1, 0.15) is 0 Å². The van der Waals surface area contributed by atoms with Crippen molar-refractivity contribution in [2.75, 3.05) is 24.7 Å². The Hall–Kier alpha value is 0.704. The van der Waals surface area contributed by atoms with Crippen molar-refractivity contribution in [3.05, 3.63) is 0 Å². The summed E-state index contributed by atoms with van der Waals surface area (Å²) in [5.74, 6) is 2.67. The van der Waals surface area contributed by atoms with E-state index >= 15 is 0 Å². The zero-order valence-corrected chi connectivity index (χ0v) is 15.4. The van der Waals surface area contributed by atoms with Crippen LogP contribution in [0.1, 0.15) is 39.5 Å². The fraction of sp³-hybridized carbons (Fsp3) is 1.00. The van der Waals surface area contributed by atoms with E-state index in [1.807, 2.05) is 0 Å². The summed E-state index contributed by atoms with van der Waals surface area (Å²) >= 11 is 2.11. The lowest BCUT2D eigenvalue weighted by Gasteiger charge is -2.03. The minimum absolute atomic E-state index is 0.180. The molecule has 0 aromatic heterocycles. The minimum atomic E-state index is -0.180. The highest BCUT2D eigenvalue weighted by atomic mass is 32.2. The first-order valence-electron chi connectivity index (χ1n) is 7.15. The van der Waals surface area contributed by atoms with E-state index in [2.05, 4.69) is 25.6 Å². The lowest BCUT2D eigenvalue weighted by Crippen LogP contribution is -2.00. The van der Waals surface area contributed by atoms with Crippen LogP contribution in [0.15, 0.2) is 0 Å². The summed E-state index contributed by atoms with van der Waals surface area (Å²) < 4.78 is 11.2. The van der Waals surface area contributed by atoms with Crippen LogP contribution >= 0.6 is 11.8 Å². The summed E-state index contributed by atoms with van der Waals surface area (Å²) in [5.41, 5.74) is 0. The SMILES string of the molecule is CCCO[SiH2]CCCSCCC[SiH2]OCCC. The van der Waals surface area contributed by atoms with E-state index in [1.165, 1.54) is 49.3 Å². The molecule has 0 aliphatic heterocycles. The van der Waals surface area contributed by atoms with Crippen molar-refractivity contribution in [1.82, 2.24) is 0 Å². The van der Waals surface area contributed by atoms with Crippen LogP contribution in [0.25, 0.3) is 0 Å². The van der Waals surface area contributed by atoms with Gasteiger partial charge in [0.05, 0.1) is 0 Å². The molecule has 0 amide bonds. The maximum Gasteiger partial charge on any atom is 0.161 e. The molecule has 104 valence electrons. The van der Waals surface area contributed by atoms with E-state index in [9.17, 15) is 0 Å². The van der Waals surface area contributed by atoms with Crippen molar-refractivity contribution in [2.24, 2.45) is 0 Å². The van der Waals surface area contributed by atoms with E-state index in [-0.39, 0.29) is 19.5 Å². The highest BCUT2D eigenvalue weighted by molar-refractivity contribution is 7.99. The molecule has 0 fully saturated rings. The average Bonchev–Trinajstić information content (AvgIpc) is 2.35. The Bertz CT molecular complexity index is 126. The molecule has 0 saturated heterocycles. The Labute approximate surface area is 116 Å². The molecule has 0 aromatic rings. The molecule has 0 saturated carbocycles. The van der Waals surface area contributed by atoms with E-state index in [0.717, 1.165) is 13.2 Å². The molecule has 0 spiro atoms. The molecule has 0 heterocycles. The van der Waals surface area contributed by atoms with E-state index in [1.54, 1.807) is 0 Å². The molecule has 0 unspecified atom stereocenters. The van der Waals surface area contributed by atoms with Gasteiger partial charge in [0, 0.05) is 13.2 Å². The third-order valence-electron chi connectivity index (χ3n) is 2.35. The average molecular weight is 295 g/mol. The van der Waals surface area contributed by atoms with Gasteiger partial charge in [-0.1, -0.05) is 13.8 Å². The normalized spacial score (nSPS) is 12.4. The van der Waals surface area contributed by atoms with Crippen LogP contribution in [0.4, 0.5) is 0 Å². The molecule has 0 aliphatic rings. The van der Waals surface area contributed by atoms with Gasteiger partial charge < -0.3 is 8.85 Å². The highest BCUT2D eigenvalue weighted by Gasteiger charge is 1.94. The lowest BCUT2D eigenvalue weighted by atomic mass is 10.5. The Morgan fingerprint density at radius 3 is 1.71 bits per heavy atom. The molecule has 0 rings (SSSR count). The fourth-order valence-corrected chi connectivity index (χ4v) is 5.46. The van der Waals surface area contributed by atoms with Crippen molar-refractivity contribution >= 4 is 31.3 Å². The van der Waals surface area contributed by atoms with Gasteiger partial charge in [-0.2, -0.15) is 11.8 Å². The van der Waals surface area contributed by atoms with Crippen molar-refractivity contribution < 1.29 is 8.85 Å². The van der Waals surface area contributed by atoms with Gasteiger partial charge >= 0.3 is 0 Å². The summed E-state index contributed by atoms with van der Waals surface area (Å²) in [6, 6.07) is 2.72. The molecular weight excluding hydrogens is 264 g/mol. The summed E-state index contributed by atoms with van der Waals surface area (Å²) in [6.45, 7) is 6.33. The van der Waals surface area contributed by atoms with Crippen LogP contribution in [0.3, 0.4) is 0 Å². The van der Waals surface area contributed by atoms with Crippen LogP contribution in [-0.2, 0) is 8.85 Å². The lowest BCUT2D eigenvalue weighted by molar-refractivity contribution is 0.334. The Morgan fingerprint density at radius 1 is 0.824 bits per heavy atom. The fourth-order valence-electron chi connectivity index (χ4n) is 1.41. The van der Waals surface area contributed by atoms with Gasteiger partial charge in [-0.15, -0.1) is 0 Å². The van der Waals surface area contributed by atoms with E-state index < -0.39 is 0 Å². The summed E-state index contributed by atoms with van der Waals surface area (Å²) in [5, 5.41) is 0. The third kappa shape index (κ3) is 16.7. The Balaban J connectivity index is 2.85. The topological polar surface area (TPSA) is 18.5 Å². The molecular formula is C12H30O2SSi2. The quantitative estimate of drug-likeness (QED) is 0.362. The zero-order valence-electron chi connectivity index (χ0n) is 11.7. The van der Waals surface area contributed by atoms with Gasteiger partial charge in [-0.3, -0.25) is 0 Å². The Morgan fingerprint density at radius 2 is 1.29 bits per heavy atom. The van der Waals surface area contributed by atoms with Crippen LogP contribution in [-0.4, -0.2) is 44.2 Å². The van der Waals surface area contributed by atoms with Crippen LogP contribution in [0.5, 0.6) is 0 Å². The second-order valence-corrected chi connectivity index (χ2v) is 8.52. The molecule has 0 aromatic carbocycles. The maximum atomic E-state index is 5.58. The summed E-state index contributed by atoms with van der Waals surface area (Å²) in [6.07, 6.45) is 5.08. The summed E-state index contributed by atoms with van der Waals surface area (Å²) in [4.78, 5) is 0. The van der Waals surface area contributed by atoms with Crippen molar-refractivity contribution in [1.29, 1.82) is 0 Å². The zero-order chi connectivity index (χ0) is 12.6. The largest absolute Gasteiger partial charge is 0.424 e. The predicted octanol–water partition coefficient (Wildman–Crippen LogP) is 2.36. The standard InChI is InChI=1S/C12H30O2SSi2/c1-3-7-13-16-11-5-9-15-10-6-12-17-14-8-4-2/h3-12,16-17H2,1-2H3. The molecule has 0 aliphatic carbocycles. The predicted molar refractivity (Wildman–Crippen MR) is 85.7 cm³/mol. The van der Waals surface area contributed by atoms with Gasteiger partial charge in [0.25, 0.3) is 0 Å². The highest BCUT2D eigenvalue weighted by Crippen LogP contribution is 2.08. The number of hydrogen-bond donors (Lipinski definition) is 0. The first-order chi connectivity index (χ1) is 8.41. The molecule has 0 N–H and O–H groups in total. The first kappa shape index (κ1) is 17.7. The molecule has 0 atom stereocenters. The minimum Gasteiger partial charge on any atom is -0.424 e. The molecule has 2 nitrogen and oxygen atoms in total. The molecule has 5 heteroatoms. The van der Waals surface area contributed by atoms with Gasteiger partial charge in [-0.05, 0) is 49.3 Å². The molecule has 17 heavy (non-hydrogen) atoms.